The fourth-order valence-electron chi connectivity index (χ4n) is 3.64. The van der Waals surface area contributed by atoms with E-state index < -0.39 is 0 Å². The van der Waals surface area contributed by atoms with Crippen LogP contribution in [0.4, 0.5) is 0 Å². The number of nitrogens with one attached hydrogen (secondary N) is 3. The van der Waals surface area contributed by atoms with E-state index in [1.54, 1.807) is 7.05 Å². The normalized spacial score (nSPS) is 16.5. The molecule has 1 aliphatic rings. The van der Waals surface area contributed by atoms with Crippen molar-refractivity contribution < 1.29 is 0 Å². The summed E-state index contributed by atoms with van der Waals surface area (Å²) in [6, 6.07) is 6.06. The van der Waals surface area contributed by atoms with E-state index in [9.17, 15) is 0 Å². The predicted molar refractivity (Wildman–Crippen MR) is 124 cm³/mol. The number of benzene rings is 1. The highest BCUT2D eigenvalue weighted by Crippen LogP contribution is 2.23. The van der Waals surface area contributed by atoms with Crippen LogP contribution in [-0.2, 0) is 13.0 Å². The van der Waals surface area contributed by atoms with E-state index >= 15 is 0 Å². The van der Waals surface area contributed by atoms with E-state index in [0.717, 1.165) is 60.5 Å². The van der Waals surface area contributed by atoms with Crippen LogP contribution >= 0.6 is 35.6 Å². The minimum absolute atomic E-state index is 0. The largest absolute Gasteiger partial charge is 0.361 e. The second kappa shape index (κ2) is 9.13. The van der Waals surface area contributed by atoms with Crippen LogP contribution in [0.1, 0.15) is 36.1 Å². The highest BCUT2D eigenvalue weighted by Gasteiger charge is 2.24. The molecule has 0 saturated carbocycles. The second-order valence-corrected chi connectivity index (χ2v) is 7.27. The fraction of sp³-hybridized carbons (Fsp3) is 0.421. The number of fused-ring (bicyclic) bond motifs is 2. The van der Waals surface area contributed by atoms with Gasteiger partial charge in [-0.25, -0.2) is 9.67 Å². The monoisotopic (exact) mass is 513 g/mol. The van der Waals surface area contributed by atoms with Gasteiger partial charge >= 0.3 is 0 Å². The second-order valence-electron chi connectivity index (χ2n) is 6.83. The molecule has 0 fully saturated rings. The van der Waals surface area contributed by atoms with Crippen molar-refractivity contribution in [2.24, 2.45) is 4.99 Å². The van der Waals surface area contributed by atoms with Crippen LogP contribution in [0.5, 0.6) is 0 Å². The van der Waals surface area contributed by atoms with Gasteiger partial charge in [0.25, 0.3) is 0 Å². The lowest BCUT2D eigenvalue weighted by molar-refractivity contribution is 0.398. The molecule has 0 aliphatic carbocycles. The van der Waals surface area contributed by atoms with Crippen molar-refractivity contribution in [3.8, 4) is 0 Å². The maximum atomic E-state index is 6.13. The molecule has 0 spiro atoms. The van der Waals surface area contributed by atoms with Crippen molar-refractivity contribution in [1.29, 1.82) is 0 Å². The molecule has 1 atom stereocenters. The summed E-state index contributed by atoms with van der Waals surface area (Å²) in [5.41, 5.74) is 2.34. The number of aliphatic imine (C=N–C) groups is 1. The quantitative estimate of drug-likeness (QED) is 0.283. The molecule has 1 aromatic carbocycles. The number of nitrogens with zero attached hydrogens (tertiary/aromatic N) is 4. The number of H-pyrrole nitrogens is 1. The fourth-order valence-corrected chi connectivity index (χ4v) is 3.81. The summed E-state index contributed by atoms with van der Waals surface area (Å²) in [6.07, 6.45) is 5.03. The highest BCUT2D eigenvalue weighted by molar-refractivity contribution is 14.0. The minimum Gasteiger partial charge on any atom is -0.361 e. The SMILES string of the molecule is CN=C(NCCc1c[nH]c2ccc(Cl)cc12)NC1CCCn2nc(C)nc21.I. The van der Waals surface area contributed by atoms with Gasteiger partial charge in [0, 0.05) is 42.3 Å². The molecule has 1 unspecified atom stereocenters. The lowest BCUT2D eigenvalue weighted by Crippen LogP contribution is -2.42. The third kappa shape index (κ3) is 4.43. The van der Waals surface area contributed by atoms with Gasteiger partial charge in [0.05, 0.1) is 6.04 Å². The summed E-state index contributed by atoms with van der Waals surface area (Å²) in [7, 11) is 1.79. The Labute approximate surface area is 186 Å². The zero-order chi connectivity index (χ0) is 18.8. The van der Waals surface area contributed by atoms with Crippen LogP contribution in [0.3, 0.4) is 0 Å². The van der Waals surface area contributed by atoms with Crippen molar-refractivity contribution in [3.63, 3.8) is 0 Å². The summed E-state index contributed by atoms with van der Waals surface area (Å²) >= 11 is 6.13. The van der Waals surface area contributed by atoms with Gasteiger partial charge < -0.3 is 15.6 Å². The lowest BCUT2D eigenvalue weighted by Gasteiger charge is -2.25. The minimum atomic E-state index is 0. The predicted octanol–water partition coefficient (Wildman–Crippen LogP) is 3.58. The molecule has 0 saturated heterocycles. The molecule has 28 heavy (non-hydrogen) atoms. The molecule has 0 amide bonds. The first-order chi connectivity index (χ1) is 13.1. The molecule has 150 valence electrons. The van der Waals surface area contributed by atoms with Gasteiger partial charge in [0.15, 0.2) is 5.96 Å². The average Bonchev–Trinajstić information content (AvgIpc) is 3.23. The molecule has 1 aliphatic heterocycles. The van der Waals surface area contributed by atoms with Gasteiger partial charge in [-0.15, -0.1) is 24.0 Å². The molecule has 4 rings (SSSR count). The number of guanidine groups is 1. The Morgan fingerprint density at radius 2 is 2.29 bits per heavy atom. The molecule has 0 bridgehead atoms. The molecule has 0 radical (unpaired) electrons. The van der Waals surface area contributed by atoms with Crippen LogP contribution in [0, 0.1) is 6.92 Å². The number of halogens is 2. The van der Waals surface area contributed by atoms with Crippen molar-refractivity contribution in [2.45, 2.75) is 38.8 Å². The van der Waals surface area contributed by atoms with E-state index in [0.29, 0.717) is 0 Å². The standard InChI is InChI=1S/C19H24ClN7.HI/c1-12-24-18-17(4-3-9-27(18)26-12)25-19(21-2)22-8-7-13-11-23-16-6-5-14(20)10-15(13)16;/h5-6,10-11,17,23H,3-4,7-9H2,1-2H3,(H2,21,22,25);1H. The van der Waals surface area contributed by atoms with Crippen LogP contribution in [-0.4, -0.2) is 39.3 Å². The van der Waals surface area contributed by atoms with Crippen molar-refractivity contribution in [3.05, 3.63) is 46.6 Å². The Balaban J connectivity index is 0.00000225. The van der Waals surface area contributed by atoms with Gasteiger partial charge in [-0.05, 0) is 49.9 Å². The molecule has 9 heteroatoms. The zero-order valence-electron chi connectivity index (χ0n) is 16.0. The Bertz CT molecular complexity index is 978. The number of hydrogen-bond donors (Lipinski definition) is 3. The summed E-state index contributed by atoms with van der Waals surface area (Å²) in [6.45, 7) is 3.64. The molecule has 2 aromatic heterocycles. The van der Waals surface area contributed by atoms with E-state index in [4.69, 9.17) is 11.6 Å². The number of aryl methyl sites for hydroxylation is 2. The maximum Gasteiger partial charge on any atom is 0.191 e. The molecular formula is C19H25ClIN7. The van der Waals surface area contributed by atoms with E-state index in [-0.39, 0.29) is 30.0 Å². The van der Waals surface area contributed by atoms with Gasteiger partial charge in [-0.2, -0.15) is 5.10 Å². The third-order valence-corrected chi connectivity index (χ3v) is 5.17. The van der Waals surface area contributed by atoms with Gasteiger partial charge in [-0.1, -0.05) is 11.6 Å². The molecule has 3 heterocycles. The van der Waals surface area contributed by atoms with E-state index in [1.807, 2.05) is 36.0 Å². The van der Waals surface area contributed by atoms with Crippen LogP contribution in [0.25, 0.3) is 10.9 Å². The number of rotatable bonds is 4. The summed E-state index contributed by atoms with van der Waals surface area (Å²) < 4.78 is 2.00. The third-order valence-electron chi connectivity index (χ3n) is 4.93. The van der Waals surface area contributed by atoms with Gasteiger partial charge in [0.2, 0.25) is 0 Å². The maximum absolute atomic E-state index is 6.13. The average molecular weight is 514 g/mol. The van der Waals surface area contributed by atoms with Crippen molar-refractivity contribution >= 4 is 52.4 Å². The first-order valence-electron chi connectivity index (χ1n) is 9.28. The summed E-state index contributed by atoms with van der Waals surface area (Å²) in [5.74, 6) is 2.60. The molecule has 3 N–H and O–H groups in total. The first-order valence-corrected chi connectivity index (χ1v) is 9.66. The van der Waals surface area contributed by atoms with Crippen molar-refractivity contribution in [1.82, 2.24) is 30.4 Å². The van der Waals surface area contributed by atoms with Crippen molar-refractivity contribution in [2.75, 3.05) is 13.6 Å². The van der Waals surface area contributed by atoms with Gasteiger partial charge in [-0.3, -0.25) is 4.99 Å². The topological polar surface area (TPSA) is 82.9 Å². The smallest absolute Gasteiger partial charge is 0.191 e. The van der Waals surface area contributed by atoms with Crippen LogP contribution in [0.2, 0.25) is 5.02 Å². The highest BCUT2D eigenvalue weighted by atomic mass is 127. The van der Waals surface area contributed by atoms with E-state index in [2.05, 4.69) is 30.7 Å². The van der Waals surface area contributed by atoms with Crippen LogP contribution in [0.15, 0.2) is 29.4 Å². The Kier molecular flexibility index (Phi) is 6.82. The lowest BCUT2D eigenvalue weighted by atomic mass is 10.1. The zero-order valence-corrected chi connectivity index (χ0v) is 19.1. The number of hydrogen-bond acceptors (Lipinski definition) is 3. The van der Waals surface area contributed by atoms with Crippen LogP contribution < -0.4 is 10.6 Å². The molecule has 3 aromatic rings. The Morgan fingerprint density at radius 1 is 1.43 bits per heavy atom. The number of aromatic nitrogens is 4. The van der Waals surface area contributed by atoms with Gasteiger partial charge in [0.1, 0.15) is 11.6 Å². The molecular weight excluding hydrogens is 489 g/mol. The Morgan fingerprint density at radius 3 is 3.11 bits per heavy atom. The molecule has 7 nitrogen and oxygen atoms in total. The summed E-state index contributed by atoms with van der Waals surface area (Å²) in [5, 5.41) is 13.3. The first kappa shape index (κ1) is 20.9. The summed E-state index contributed by atoms with van der Waals surface area (Å²) in [4.78, 5) is 12.2. The number of aromatic amines is 1. The Hall–Kier alpha value is -1.81. The van der Waals surface area contributed by atoms with E-state index in [1.165, 1.54) is 10.9 Å².